The van der Waals surface area contributed by atoms with Crippen molar-refractivity contribution in [2.24, 2.45) is 13.0 Å². The average Bonchev–Trinajstić information content (AvgIpc) is 2.86. The number of benzene rings is 1. The zero-order valence-corrected chi connectivity index (χ0v) is 14.7. The van der Waals surface area contributed by atoms with Crippen molar-refractivity contribution in [1.82, 2.24) is 14.8 Å². The number of amides is 1. The molecule has 1 N–H and O–H groups in total. The van der Waals surface area contributed by atoms with Gasteiger partial charge in [0.15, 0.2) is 5.16 Å². The molecule has 0 atom stereocenters. The summed E-state index contributed by atoms with van der Waals surface area (Å²) in [5.41, 5.74) is 0.666. The van der Waals surface area contributed by atoms with Gasteiger partial charge in [-0.15, -0.1) is 10.2 Å². The minimum absolute atomic E-state index is 0.104. The van der Waals surface area contributed by atoms with E-state index in [1.54, 1.807) is 7.11 Å². The van der Waals surface area contributed by atoms with Crippen LogP contribution < -0.4 is 10.1 Å². The summed E-state index contributed by atoms with van der Waals surface area (Å²) < 4.78 is 7.17. The number of ether oxygens (including phenoxy) is 1. The number of hydrogen-bond acceptors (Lipinski definition) is 5. The largest absolute Gasteiger partial charge is 0.495 e. The van der Waals surface area contributed by atoms with E-state index in [1.807, 2.05) is 35.9 Å². The van der Waals surface area contributed by atoms with Crippen molar-refractivity contribution in [2.45, 2.75) is 25.4 Å². The summed E-state index contributed by atoms with van der Waals surface area (Å²) in [6.07, 6.45) is 0.872. The molecule has 0 saturated carbocycles. The van der Waals surface area contributed by atoms with Gasteiger partial charge in [-0.3, -0.25) is 4.79 Å². The molecule has 23 heavy (non-hydrogen) atoms. The van der Waals surface area contributed by atoms with Crippen molar-refractivity contribution in [3.63, 3.8) is 0 Å². The Kier molecular flexibility index (Phi) is 6.04. The molecule has 124 valence electrons. The lowest BCUT2D eigenvalue weighted by Crippen LogP contribution is -2.15. The van der Waals surface area contributed by atoms with Crippen molar-refractivity contribution in [1.29, 1.82) is 0 Å². The van der Waals surface area contributed by atoms with E-state index in [4.69, 9.17) is 4.74 Å². The van der Waals surface area contributed by atoms with Gasteiger partial charge in [0, 0.05) is 13.5 Å². The summed E-state index contributed by atoms with van der Waals surface area (Å²) >= 11 is 1.37. The van der Waals surface area contributed by atoms with Crippen LogP contribution in [0, 0.1) is 5.92 Å². The van der Waals surface area contributed by atoms with Crippen LogP contribution in [-0.4, -0.2) is 33.5 Å². The number of aromatic nitrogens is 3. The second kappa shape index (κ2) is 8.01. The van der Waals surface area contributed by atoms with E-state index in [9.17, 15) is 4.79 Å². The lowest BCUT2D eigenvalue weighted by molar-refractivity contribution is -0.113. The molecule has 2 rings (SSSR count). The van der Waals surface area contributed by atoms with Crippen LogP contribution in [0.25, 0.3) is 0 Å². The first-order valence-electron chi connectivity index (χ1n) is 7.45. The SMILES string of the molecule is COc1ccccc1NC(=O)CSc1nnc(CC(C)C)n1C. The Balaban J connectivity index is 1.93. The van der Waals surface area contributed by atoms with Crippen LogP contribution in [-0.2, 0) is 18.3 Å². The zero-order valence-electron chi connectivity index (χ0n) is 13.9. The summed E-state index contributed by atoms with van der Waals surface area (Å²) in [7, 11) is 3.51. The summed E-state index contributed by atoms with van der Waals surface area (Å²) in [5, 5.41) is 11.9. The van der Waals surface area contributed by atoms with Crippen molar-refractivity contribution < 1.29 is 9.53 Å². The number of rotatable bonds is 7. The molecule has 0 unspecified atom stereocenters. The molecule has 0 aliphatic heterocycles. The average molecular weight is 334 g/mol. The van der Waals surface area contributed by atoms with E-state index in [0.717, 1.165) is 17.4 Å². The fourth-order valence-corrected chi connectivity index (χ4v) is 2.81. The van der Waals surface area contributed by atoms with E-state index < -0.39 is 0 Å². The molecule has 1 heterocycles. The van der Waals surface area contributed by atoms with Crippen LogP contribution in [0.1, 0.15) is 19.7 Å². The number of anilines is 1. The Morgan fingerprint density at radius 2 is 2.09 bits per heavy atom. The predicted octanol–water partition coefficient (Wildman–Crippen LogP) is 2.75. The number of carbonyl (C=O) groups is 1. The molecule has 2 aromatic rings. The molecular weight excluding hydrogens is 312 g/mol. The van der Waals surface area contributed by atoms with Gasteiger partial charge in [0.2, 0.25) is 5.91 Å². The molecule has 1 aromatic carbocycles. The van der Waals surface area contributed by atoms with Crippen molar-refractivity contribution in [3.8, 4) is 5.75 Å². The van der Waals surface area contributed by atoms with Gasteiger partial charge in [-0.2, -0.15) is 0 Å². The Labute approximate surface area is 140 Å². The minimum Gasteiger partial charge on any atom is -0.495 e. The molecule has 6 nitrogen and oxygen atoms in total. The van der Waals surface area contributed by atoms with Crippen LogP contribution >= 0.6 is 11.8 Å². The summed E-state index contributed by atoms with van der Waals surface area (Å²) in [6, 6.07) is 7.33. The third-order valence-corrected chi connectivity index (χ3v) is 4.25. The maximum Gasteiger partial charge on any atom is 0.234 e. The fraction of sp³-hybridized carbons (Fsp3) is 0.438. The highest BCUT2D eigenvalue weighted by Gasteiger charge is 2.13. The maximum absolute atomic E-state index is 12.1. The molecule has 0 saturated heterocycles. The number of methoxy groups -OCH3 is 1. The highest BCUT2D eigenvalue weighted by atomic mass is 32.2. The standard InChI is InChI=1S/C16H22N4O2S/c1-11(2)9-14-18-19-16(20(14)3)23-10-15(21)17-12-7-5-6-8-13(12)22-4/h5-8,11H,9-10H2,1-4H3,(H,17,21). The van der Waals surface area contributed by atoms with Gasteiger partial charge in [0.05, 0.1) is 18.6 Å². The number of nitrogens with one attached hydrogen (secondary N) is 1. The first-order valence-corrected chi connectivity index (χ1v) is 8.43. The molecule has 0 spiro atoms. The second-order valence-corrected chi connectivity index (χ2v) is 6.54. The normalized spacial score (nSPS) is 10.8. The van der Waals surface area contributed by atoms with Crippen LogP contribution in [0.4, 0.5) is 5.69 Å². The van der Waals surface area contributed by atoms with Gasteiger partial charge >= 0.3 is 0 Å². The maximum atomic E-state index is 12.1. The Bertz CT molecular complexity index is 670. The van der Waals surface area contributed by atoms with Crippen molar-refractivity contribution in [2.75, 3.05) is 18.2 Å². The number of carbonyl (C=O) groups excluding carboxylic acids is 1. The summed E-state index contributed by atoms with van der Waals surface area (Å²) in [6.45, 7) is 4.28. The lowest BCUT2D eigenvalue weighted by Gasteiger charge is -2.09. The number of hydrogen-bond donors (Lipinski definition) is 1. The topological polar surface area (TPSA) is 69.0 Å². The van der Waals surface area contributed by atoms with Gasteiger partial charge in [0.25, 0.3) is 0 Å². The zero-order chi connectivity index (χ0) is 16.8. The van der Waals surface area contributed by atoms with E-state index in [2.05, 4.69) is 29.4 Å². The number of nitrogens with zero attached hydrogens (tertiary/aromatic N) is 3. The minimum atomic E-state index is -0.104. The first-order chi connectivity index (χ1) is 11.0. The molecule has 0 fully saturated rings. The molecule has 0 bridgehead atoms. The molecular formula is C16H22N4O2S. The third kappa shape index (κ3) is 4.72. The van der Waals surface area contributed by atoms with Gasteiger partial charge in [0.1, 0.15) is 11.6 Å². The molecule has 7 heteroatoms. The predicted molar refractivity (Wildman–Crippen MR) is 91.9 cm³/mol. The Morgan fingerprint density at radius 1 is 1.35 bits per heavy atom. The smallest absolute Gasteiger partial charge is 0.234 e. The molecule has 0 radical (unpaired) electrons. The lowest BCUT2D eigenvalue weighted by atomic mass is 10.1. The number of thioether (sulfide) groups is 1. The number of para-hydroxylation sites is 2. The highest BCUT2D eigenvalue weighted by molar-refractivity contribution is 7.99. The van der Waals surface area contributed by atoms with E-state index in [-0.39, 0.29) is 11.7 Å². The quantitative estimate of drug-likeness (QED) is 0.789. The van der Waals surface area contributed by atoms with Crippen LogP contribution in [0.5, 0.6) is 5.75 Å². The van der Waals surface area contributed by atoms with Crippen LogP contribution in [0.15, 0.2) is 29.4 Å². The highest BCUT2D eigenvalue weighted by Crippen LogP contribution is 2.24. The van der Waals surface area contributed by atoms with Crippen LogP contribution in [0.3, 0.4) is 0 Å². The Morgan fingerprint density at radius 3 is 2.78 bits per heavy atom. The van der Waals surface area contributed by atoms with E-state index in [1.165, 1.54) is 11.8 Å². The first kappa shape index (κ1) is 17.3. The van der Waals surface area contributed by atoms with Crippen molar-refractivity contribution >= 4 is 23.4 Å². The molecule has 0 aliphatic rings. The molecule has 1 amide bonds. The monoisotopic (exact) mass is 334 g/mol. The van der Waals surface area contributed by atoms with Gasteiger partial charge in [-0.25, -0.2) is 0 Å². The molecule has 1 aromatic heterocycles. The van der Waals surface area contributed by atoms with Crippen LogP contribution in [0.2, 0.25) is 0 Å². The van der Waals surface area contributed by atoms with Crippen molar-refractivity contribution in [3.05, 3.63) is 30.1 Å². The van der Waals surface area contributed by atoms with Gasteiger partial charge < -0.3 is 14.6 Å². The Hall–Kier alpha value is -2.02. The van der Waals surface area contributed by atoms with Gasteiger partial charge in [-0.1, -0.05) is 37.7 Å². The van der Waals surface area contributed by atoms with E-state index in [0.29, 0.717) is 17.4 Å². The van der Waals surface area contributed by atoms with Gasteiger partial charge in [-0.05, 0) is 18.1 Å². The summed E-state index contributed by atoms with van der Waals surface area (Å²) in [5.74, 6) is 2.26. The second-order valence-electron chi connectivity index (χ2n) is 5.59. The summed E-state index contributed by atoms with van der Waals surface area (Å²) in [4.78, 5) is 12.1. The van der Waals surface area contributed by atoms with E-state index >= 15 is 0 Å². The third-order valence-electron chi connectivity index (χ3n) is 3.23. The fourth-order valence-electron chi connectivity index (χ4n) is 2.08. The molecule has 0 aliphatic carbocycles.